The number of rotatable bonds is 11. The van der Waals surface area contributed by atoms with E-state index in [1.165, 1.54) is 6.07 Å². The first-order chi connectivity index (χ1) is 15.9. The lowest BCUT2D eigenvalue weighted by Gasteiger charge is -2.20. The van der Waals surface area contributed by atoms with Gasteiger partial charge >= 0.3 is 0 Å². The van der Waals surface area contributed by atoms with Crippen LogP contribution in [0.4, 0.5) is 0 Å². The van der Waals surface area contributed by atoms with Gasteiger partial charge in [0.15, 0.2) is 11.5 Å². The van der Waals surface area contributed by atoms with E-state index in [2.05, 4.69) is 10.3 Å². The van der Waals surface area contributed by atoms with Crippen LogP contribution in [0.2, 0.25) is 0 Å². The lowest BCUT2D eigenvalue weighted by Crippen LogP contribution is -2.33. The van der Waals surface area contributed by atoms with Crippen molar-refractivity contribution in [3.63, 3.8) is 0 Å². The first-order valence-corrected chi connectivity index (χ1v) is 10.8. The highest BCUT2D eigenvalue weighted by atomic mass is 35.5. The summed E-state index contributed by atoms with van der Waals surface area (Å²) in [7, 11) is 4.83. The average molecular weight is 490 g/mol. The first kappa shape index (κ1) is 27.2. The quantitative estimate of drug-likeness (QED) is 0.400. The van der Waals surface area contributed by atoms with E-state index < -0.39 is 6.10 Å². The molecule has 34 heavy (non-hydrogen) atoms. The Morgan fingerprint density at radius 3 is 2.35 bits per heavy atom. The van der Waals surface area contributed by atoms with Crippen LogP contribution in [0.15, 0.2) is 53.3 Å². The molecule has 0 spiro atoms. The minimum Gasteiger partial charge on any atom is -0.497 e. The van der Waals surface area contributed by atoms with Crippen LogP contribution in [-0.4, -0.2) is 55.2 Å². The van der Waals surface area contributed by atoms with Crippen LogP contribution >= 0.6 is 12.4 Å². The van der Waals surface area contributed by atoms with E-state index in [4.69, 9.17) is 14.2 Å². The number of aromatic nitrogens is 2. The number of hydrogen-bond acceptors (Lipinski definition) is 7. The number of hydrogen-bond donors (Lipinski definition) is 2. The molecule has 0 radical (unpaired) electrons. The standard InChI is InChI=1S/C25H31N3O5.ClH/c1-17-13-24(30)27-25(19-6-8-21(31-2)9-7-19)28(17)16-20(29)15-26-12-11-18-5-10-22(32-3)23(14-18)33-4;/h5-10,13-14,20,26,29H,11-12,15-16H2,1-4H3;1H/t20-;/m0./s1. The van der Waals surface area contributed by atoms with Gasteiger partial charge in [-0.3, -0.25) is 4.79 Å². The summed E-state index contributed by atoms with van der Waals surface area (Å²) in [5.41, 5.74) is 2.32. The third-order valence-corrected chi connectivity index (χ3v) is 5.39. The minimum atomic E-state index is -0.657. The van der Waals surface area contributed by atoms with E-state index in [0.29, 0.717) is 37.0 Å². The Balaban J connectivity index is 0.00000408. The van der Waals surface area contributed by atoms with E-state index in [-0.39, 0.29) is 18.0 Å². The van der Waals surface area contributed by atoms with Crippen molar-refractivity contribution in [2.45, 2.75) is 26.0 Å². The van der Waals surface area contributed by atoms with Crippen LogP contribution in [0.5, 0.6) is 17.2 Å². The molecule has 2 N–H and O–H groups in total. The van der Waals surface area contributed by atoms with Crippen LogP contribution in [0, 0.1) is 6.92 Å². The van der Waals surface area contributed by atoms with Crippen molar-refractivity contribution in [3.05, 3.63) is 70.1 Å². The van der Waals surface area contributed by atoms with Gasteiger partial charge in [-0.25, -0.2) is 0 Å². The zero-order valence-corrected chi connectivity index (χ0v) is 20.7. The normalized spacial score (nSPS) is 11.4. The highest BCUT2D eigenvalue weighted by molar-refractivity contribution is 5.85. The van der Waals surface area contributed by atoms with Crippen LogP contribution in [0.1, 0.15) is 11.3 Å². The fourth-order valence-corrected chi connectivity index (χ4v) is 3.62. The number of nitrogens with one attached hydrogen (secondary N) is 1. The molecule has 3 aromatic rings. The van der Waals surface area contributed by atoms with Gasteiger partial charge in [0.25, 0.3) is 5.56 Å². The topological polar surface area (TPSA) is 94.8 Å². The van der Waals surface area contributed by atoms with Gasteiger partial charge in [-0.2, -0.15) is 4.98 Å². The molecule has 0 saturated heterocycles. The monoisotopic (exact) mass is 489 g/mol. The SMILES string of the molecule is COc1ccc(-c2nc(=O)cc(C)n2C[C@@H](O)CNCCc2ccc(OC)c(OC)c2)cc1.Cl. The lowest BCUT2D eigenvalue weighted by atomic mass is 10.1. The Morgan fingerprint density at radius 1 is 1.00 bits per heavy atom. The molecule has 1 heterocycles. The van der Waals surface area contributed by atoms with E-state index in [1.807, 2.05) is 54.0 Å². The first-order valence-electron chi connectivity index (χ1n) is 10.8. The maximum Gasteiger partial charge on any atom is 0.273 e. The Kier molecular flexibility index (Phi) is 10.4. The van der Waals surface area contributed by atoms with Crippen LogP contribution in [-0.2, 0) is 13.0 Å². The van der Waals surface area contributed by atoms with Gasteiger partial charge in [0.2, 0.25) is 0 Å². The molecule has 0 amide bonds. The zero-order chi connectivity index (χ0) is 23.8. The Bertz CT molecular complexity index is 1120. The fraction of sp³-hybridized carbons (Fsp3) is 0.360. The zero-order valence-electron chi connectivity index (χ0n) is 19.9. The number of ether oxygens (including phenoxy) is 3. The molecule has 0 bridgehead atoms. The molecule has 8 nitrogen and oxygen atoms in total. The minimum absolute atomic E-state index is 0. The summed E-state index contributed by atoms with van der Waals surface area (Å²) in [5.74, 6) is 2.63. The second-order valence-corrected chi connectivity index (χ2v) is 7.70. The van der Waals surface area contributed by atoms with Crippen LogP contribution in [0.3, 0.4) is 0 Å². The van der Waals surface area contributed by atoms with Gasteiger partial charge in [-0.05, 0) is 61.9 Å². The highest BCUT2D eigenvalue weighted by Gasteiger charge is 2.14. The smallest absolute Gasteiger partial charge is 0.273 e. The summed E-state index contributed by atoms with van der Waals surface area (Å²) in [6.07, 6.45) is 0.123. The number of aliphatic hydroxyl groups excluding tert-OH is 1. The number of aliphatic hydroxyl groups is 1. The highest BCUT2D eigenvalue weighted by Crippen LogP contribution is 2.27. The maximum absolute atomic E-state index is 12.0. The van der Waals surface area contributed by atoms with Crippen molar-refractivity contribution in [1.29, 1.82) is 0 Å². The molecule has 0 fully saturated rings. The maximum atomic E-state index is 12.0. The van der Waals surface area contributed by atoms with Gasteiger partial charge in [-0.15, -0.1) is 12.4 Å². The number of methoxy groups -OCH3 is 3. The molecule has 0 saturated carbocycles. The van der Waals surface area contributed by atoms with Gasteiger partial charge in [0, 0.05) is 23.9 Å². The van der Waals surface area contributed by atoms with Gasteiger partial charge in [0.1, 0.15) is 11.6 Å². The Labute approximate surface area is 205 Å². The van der Waals surface area contributed by atoms with Crippen LogP contribution in [0.25, 0.3) is 11.4 Å². The summed E-state index contributed by atoms with van der Waals surface area (Å²) in [5, 5.41) is 13.9. The molecular weight excluding hydrogens is 458 g/mol. The summed E-state index contributed by atoms with van der Waals surface area (Å²) in [6.45, 7) is 3.25. The predicted octanol–water partition coefficient (Wildman–Crippen LogP) is 2.86. The van der Waals surface area contributed by atoms with E-state index in [9.17, 15) is 9.90 Å². The summed E-state index contributed by atoms with van der Waals surface area (Å²) in [4.78, 5) is 16.2. The number of benzene rings is 2. The van der Waals surface area contributed by atoms with Gasteiger partial charge in [-0.1, -0.05) is 6.07 Å². The molecule has 0 aliphatic heterocycles. The fourth-order valence-electron chi connectivity index (χ4n) is 3.62. The van der Waals surface area contributed by atoms with Crippen molar-refractivity contribution in [1.82, 2.24) is 14.9 Å². The molecular formula is C25H32ClN3O5. The van der Waals surface area contributed by atoms with E-state index in [1.54, 1.807) is 21.3 Å². The molecule has 0 aliphatic carbocycles. The van der Waals surface area contributed by atoms with Crippen molar-refractivity contribution in [2.75, 3.05) is 34.4 Å². The number of aryl methyl sites for hydroxylation is 1. The van der Waals surface area contributed by atoms with Gasteiger partial charge < -0.3 is 29.2 Å². The van der Waals surface area contributed by atoms with E-state index >= 15 is 0 Å². The number of halogens is 1. The number of nitrogens with zero attached hydrogens (tertiary/aromatic N) is 2. The van der Waals surface area contributed by atoms with Crippen molar-refractivity contribution in [3.8, 4) is 28.6 Å². The predicted molar refractivity (Wildman–Crippen MR) is 135 cm³/mol. The molecule has 3 rings (SSSR count). The second-order valence-electron chi connectivity index (χ2n) is 7.70. The summed E-state index contributed by atoms with van der Waals surface area (Å²) < 4.78 is 17.7. The van der Waals surface area contributed by atoms with E-state index in [0.717, 1.165) is 29.0 Å². The van der Waals surface area contributed by atoms with Gasteiger partial charge in [0.05, 0.1) is 34.0 Å². The Morgan fingerprint density at radius 2 is 1.71 bits per heavy atom. The molecule has 184 valence electrons. The second kappa shape index (κ2) is 13.0. The van der Waals surface area contributed by atoms with Crippen molar-refractivity contribution < 1.29 is 19.3 Å². The van der Waals surface area contributed by atoms with Crippen LogP contribution < -0.4 is 25.1 Å². The molecule has 1 atom stereocenters. The van der Waals surface area contributed by atoms with Crippen molar-refractivity contribution >= 4 is 12.4 Å². The molecule has 0 aliphatic rings. The molecule has 2 aromatic carbocycles. The van der Waals surface area contributed by atoms with Crippen molar-refractivity contribution in [2.24, 2.45) is 0 Å². The third kappa shape index (κ3) is 6.96. The summed E-state index contributed by atoms with van der Waals surface area (Å²) >= 11 is 0. The Hall–Kier alpha value is -3.07. The lowest BCUT2D eigenvalue weighted by molar-refractivity contribution is 0.151. The third-order valence-electron chi connectivity index (χ3n) is 5.39. The molecule has 0 unspecified atom stereocenters. The molecule has 9 heteroatoms. The largest absolute Gasteiger partial charge is 0.497 e. The molecule has 1 aromatic heterocycles. The average Bonchev–Trinajstić information content (AvgIpc) is 2.83. The summed E-state index contributed by atoms with van der Waals surface area (Å²) in [6, 6.07) is 14.7.